The molecule has 24 heteroatoms. The fourth-order valence-corrected chi connectivity index (χ4v) is 7.61. The molecule has 0 aliphatic rings. The van der Waals surface area contributed by atoms with Crippen LogP contribution in [-0.4, -0.2) is 142 Å². The molecule has 0 fully saturated rings. The minimum atomic E-state index is -1.46. The molecule has 16 N–H and O–H groups in total. The molecular formula is C44H68N14O9S. The van der Waals surface area contributed by atoms with Crippen LogP contribution in [0.2, 0.25) is 0 Å². The Morgan fingerprint density at radius 2 is 1.40 bits per heavy atom. The van der Waals surface area contributed by atoms with E-state index >= 15 is 0 Å². The Kier molecular flexibility index (Phi) is 22.9. The van der Waals surface area contributed by atoms with Crippen molar-refractivity contribution in [2.75, 3.05) is 31.6 Å². The summed E-state index contributed by atoms with van der Waals surface area (Å²) >= 11 is 1.58. The first-order chi connectivity index (χ1) is 32.2. The minimum Gasteiger partial charge on any atom is -0.370 e. The van der Waals surface area contributed by atoms with Crippen molar-refractivity contribution in [2.45, 2.75) is 109 Å². The van der Waals surface area contributed by atoms with Gasteiger partial charge in [0.2, 0.25) is 53.2 Å². The summed E-state index contributed by atoms with van der Waals surface area (Å²) in [4.78, 5) is 128. The van der Waals surface area contributed by atoms with E-state index in [0.717, 1.165) is 10.9 Å². The molecule has 0 aliphatic carbocycles. The molecule has 68 heavy (non-hydrogen) atoms. The predicted molar refractivity (Wildman–Crippen MR) is 256 cm³/mol. The summed E-state index contributed by atoms with van der Waals surface area (Å²) in [5.74, 6) is -6.22. The van der Waals surface area contributed by atoms with Gasteiger partial charge in [0.25, 0.3) is 0 Å². The van der Waals surface area contributed by atoms with E-state index in [2.05, 4.69) is 57.5 Å². The number of nitrogens with two attached hydrogens (primary N) is 3. The number of nitrogens with zero attached hydrogens (tertiary/aromatic N) is 1. The average molecular weight is 969 g/mol. The number of aromatic nitrogens is 3. The van der Waals surface area contributed by atoms with Gasteiger partial charge in [-0.15, -0.1) is 0 Å². The van der Waals surface area contributed by atoms with E-state index in [0.29, 0.717) is 29.9 Å². The molecule has 0 spiro atoms. The van der Waals surface area contributed by atoms with E-state index in [1.165, 1.54) is 19.4 Å². The zero-order chi connectivity index (χ0) is 50.5. The van der Waals surface area contributed by atoms with Crippen molar-refractivity contribution in [3.05, 3.63) is 54.2 Å². The van der Waals surface area contributed by atoms with E-state index < -0.39 is 121 Å². The second-order valence-corrected chi connectivity index (χ2v) is 18.2. The molecule has 7 atom stereocenters. The number of hydrogen-bond donors (Lipinski definition) is 13. The molecular weight excluding hydrogens is 901 g/mol. The van der Waals surface area contributed by atoms with Gasteiger partial charge < -0.3 is 69.7 Å². The number of aromatic amines is 2. The summed E-state index contributed by atoms with van der Waals surface area (Å²) < 4.78 is 0. The van der Waals surface area contributed by atoms with Crippen LogP contribution in [0.1, 0.15) is 65.1 Å². The third-order valence-corrected chi connectivity index (χ3v) is 11.3. The molecule has 3 rings (SSSR count). The standard InChI is InChI=1S/C44H68N14O9S/c1-23(2)13-28(20-50-31(39(47)62)11-12-68-6)54-42(65)33(15-27-19-48-22-52-27)56-37(61)21-51-44(67)38(24(3)4)58-40(63)25(5)53-41(64)32(14-26-18-49-30-10-8-7-9-29(26)30)57-43(66)34(16-35(46)59)55-36(60)17-45/h7-10,18-19,22-25,28,31-34,38,49-50H,11-17,20-21,45H2,1-6H3,(H2,46,59)(H2,47,62)(H,48,52)(H,51,67)(H,53,64)(H,54,65)(H,55,60)(H,56,61)(H,57,66)(H,58,63)/t25-,28?,31?,32-,33-,34-,38-/m0/s1. The van der Waals surface area contributed by atoms with E-state index in [9.17, 15) is 43.2 Å². The summed E-state index contributed by atoms with van der Waals surface area (Å²) in [6, 6.07) is -0.152. The SMILES string of the molecule is CSCCC(NCC(CC(C)C)NC(=O)[C@H](Cc1cnc[nH]1)NC(=O)CNC(=O)[C@@H](NC(=O)[C@H](C)NC(=O)[C@H](Cc1c[nH]c2ccccc12)NC(=O)[C@H](CC(N)=O)NC(=O)CN)C(C)C)C(N)=O. The fraction of sp³-hybridized carbons (Fsp3) is 0.545. The minimum absolute atomic E-state index is 0.0321. The van der Waals surface area contributed by atoms with E-state index in [1.54, 1.807) is 37.9 Å². The molecule has 0 saturated carbocycles. The van der Waals surface area contributed by atoms with E-state index in [1.807, 2.05) is 38.3 Å². The topological polar surface area (TPSA) is 372 Å². The first-order valence-electron chi connectivity index (χ1n) is 22.3. The zero-order valence-electron chi connectivity index (χ0n) is 39.4. The Morgan fingerprint density at radius 3 is 2.01 bits per heavy atom. The van der Waals surface area contributed by atoms with Crippen LogP contribution < -0.4 is 59.7 Å². The molecule has 0 saturated heterocycles. The Bertz CT molecular complexity index is 2180. The van der Waals surface area contributed by atoms with Gasteiger partial charge >= 0.3 is 0 Å². The molecule has 1 aromatic carbocycles. The van der Waals surface area contributed by atoms with Crippen molar-refractivity contribution in [2.24, 2.45) is 29.0 Å². The highest BCUT2D eigenvalue weighted by Crippen LogP contribution is 2.19. The number of hydrogen-bond acceptors (Lipinski definition) is 13. The van der Waals surface area contributed by atoms with Gasteiger partial charge in [-0.1, -0.05) is 45.9 Å². The van der Waals surface area contributed by atoms with Crippen LogP contribution in [0.15, 0.2) is 43.0 Å². The van der Waals surface area contributed by atoms with Crippen LogP contribution in [-0.2, 0) is 56.0 Å². The number of fused-ring (bicyclic) bond motifs is 1. The number of benzene rings is 1. The summed E-state index contributed by atoms with van der Waals surface area (Å²) in [5, 5.41) is 22.2. The number of imidazole rings is 1. The van der Waals surface area contributed by atoms with Gasteiger partial charge in [-0.05, 0) is 55.2 Å². The Balaban J connectivity index is 1.70. The second kappa shape index (κ2) is 28.0. The Hall–Kier alpha value is -6.53. The van der Waals surface area contributed by atoms with Crippen LogP contribution in [0.4, 0.5) is 0 Å². The number of amides is 9. The molecule has 2 aromatic heterocycles. The molecule has 2 heterocycles. The van der Waals surface area contributed by atoms with Crippen molar-refractivity contribution in [1.29, 1.82) is 0 Å². The third kappa shape index (κ3) is 18.6. The Labute approximate surface area is 399 Å². The van der Waals surface area contributed by atoms with Gasteiger partial charge in [0, 0.05) is 54.4 Å². The van der Waals surface area contributed by atoms with Crippen molar-refractivity contribution in [3.8, 4) is 0 Å². The number of carbonyl (C=O) groups is 9. The first kappa shape index (κ1) is 55.8. The first-order valence-corrected chi connectivity index (χ1v) is 23.7. The van der Waals surface area contributed by atoms with Crippen LogP contribution in [0.3, 0.4) is 0 Å². The lowest BCUT2D eigenvalue weighted by molar-refractivity contribution is -0.135. The van der Waals surface area contributed by atoms with Crippen LogP contribution >= 0.6 is 11.8 Å². The number of H-pyrrole nitrogens is 2. The van der Waals surface area contributed by atoms with Crippen LogP contribution in [0.5, 0.6) is 0 Å². The average Bonchev–Trinajstić information content (AvgIpc) is 3.95. The van der Waals surface area contributed by atoms with Gasteiger partial charge in [-0.25, -0.2) is 4.98 Å². The molecule has 23 nitrogen and oxygen atoms in total. The van der Waals surface area contributed by atoms with Gasteiger partial charge in [0.15, 0.2) is 0 Å². The summed E-state index contributed by atoms with van der Waals surface area (Å²) in [7, 11) is 0. The Morgan fingerprint density at radius 1 is 0.735 bits per heavy atom. The lowest BCUT2D eigenvalue weighted by Crippen LogP contribution is -2.59. The van der Waals surface area contributed by atoms with Crippen LogP contribution in [0.25, 0.3) is 10.9 Å². The normalized spacial score (nSPS) is 14.4. The quantitative estimate of drug-likeness (QED) is 0.0328. The van der Waals surface area contributed by atoms with E-state index in [-0.39, 0.29) is 25.3 Å². The molecule has 0 bridgehead atoms. The van der Waals surface area contributed by atoms with E-state index in [4.69, 9.17) is 17.2 Å². The van der Waals surface area contributed by atoms with Gasteiger partial charge in [-0.2, -0.15) is 11.8 Å². The van der Waals surface area contributed by atoms with Gasteiger partial charge in [0.05, 0.1) is 31.9 Å². The van der Waals surface area contributed by atoms with Crippen molar-refractivity contribution in [3.63, 3.8) is 0 Å². The maximum Gasteiger partial charge on any atom is 0.243 e. The number of rotatable bonds is 30. The molecule has 374 valence electrons. The van der Waals surface area contributed by atoms with Crippen molar-refractivity contribution < 1.29 is 43.2 Å². The molecule has 9 amide bonds. The molecule has 0 aliphatic heterocycles. The van der Waals surface area contributed by atoms with Crippen LogP contribution in [0, 0.1) is 11.8 Å². The summed E-state index contributed by atoms with van der Waals surface area (Å²) in [6.45, 7) is 7.86. The summed E-state index contributed by atoms with van der Waals surface area (Å²) in [5.41, 5.74) is 18.3. The fourth-order valence-electron chi connectivity index (χ4n) is 7.14. The number of para-hydroxylation sites is 1. The maximum absolute atomic E-state index is 13.9. The highest BCUT2D eigenvalue weighted by atomic mass is 32.2. The zero-order valence-corrected chi connectivity index (χ0v) is 40.2. The monoisotopic (exact) mass is 969 g/mol. The second-order valence-electron chi connectivity index (χ2n) is 17.2. The number of nitrogens with one attached hydrogen (secondary N) is 10. The molecule has 3 aromatic rings. The lowest BCUT2D eigenvalue weighted by Gasteiger charge is -2.27. The molecule has 0 radical (unpaired) electrons. The van der Waals surface area contributed by atoms with Crippen molar-refractivity contribution >= 4 is 75.8 Å². The van der Waals surface area contributed by atoms with Crippen molar-refractivity contribution in [1.82, 2.24) is 57.5 Å². The largest absolute Gasteiger partial charge is 0.370 e. The number of carbonyl (C=O) groups excluding carboxylic acids is 9. The maximum atomic E-state index is 13.9. The summed E-state index contributed by atoms with van der Waals surface area (Å²) in [6.07, 6.45) is 6.95. The lowest BCUT2D eigenvalue weighted by atomic mass is 10.0. The van der Waals surface area contributed by atoms with Gasteiger partial charge in [-0.3, -0.25) is 43.2 Å². The predicted octanol–water partition coefficient (Wildman–Crippen LogP) is -2.55. The number of thioether (sulfide) groups is 1. The smallest absolute Gasteiger partial charge is 0.243 e. The molecule has 2 unspecified atom stereocenters. The van der Waals surface area contributed by atoms with Gasteiger partial charge in [0.1, 0.15) is 30.2 Å². The highest BCUT2D eigenvalue weighted by Gasteiger charge is 2.33. The highest BCUT2D eigenvalue weighted by molar-refractivity contribution is 7.98. The third-order valence-electron chi connectivity index (χ3n) is 10.7. The number of primary amides is 2.